The van der Waals surface area contributed by atoms with Gasteiger partial charge in [-0.2, -0.15) is 30.7 Å². The number of hydrogen-bond donors (Lipinski definition) is 2. The molecule has 2 N–H and O–H groups in total. The van der Waals surface area contributed by atoms with Crippen molar-refractivity contribution in [3.63, 3.8) is 0 Å². The number of carbonyl (C=O) groups is 2. The van der Waals surface area contributed by atoms with E-state index in [0.29, 0.717) is 24.3 Å². The van der Waals surface area contributed by atoms with Gasteiger partial charge in [0.2, 0.25) is 0 Å². The molecule has 2 rings (SSSR count). The van der Waals surface area contributed by atoms with Gasteiger partial charge in [0.05, 0.1) is 5.69 Å². The average molecular weight is 526 g/mol. The Labute approximate surface area is 186 Å². The number of nitrogens with one attached hydrogen (secondary N) is 2. The molecule has 2 aromatic carbocycles. The van der Waals surface area contributed by atoms with Crippen molar-refractivity contribution in [2.24, 2.45) is 0 Å². The molecule has 0 fully saturated rings. The highest BCUT2D eigenvalue weighted by atomic mass is 19.4. The van der Waals surface area contributed by atoms with Gasteiger partial charge in [0.25, 0.3) is 5.91 Å². The fraction of sp³-hybridized carbons (Fsp3) is 0.222. The molecule has 0 aliphatic carbocycles. The molecule has 0 bridgehead atoms. The minimum absolute atomic E-state index is 0.0243. The van der Waals surface area contributed by atoms with Crippen LogP contribution in [0, 0.1) is 17.5 Å². The van der Waals surface area contributed by atoms with Crippen LogP contribution in [0.1, 0.15) is 10.4 Å². The second-order valence-corrected chi connectivity index (χ2v) is 6.26. The maximum Gasteiger partial charge on any atom is 0.483 e. The normalized spacial score (nSPS) is 13.2. The molecule has 17 heteroatoms. The van der Waals surface area contributed by atoms with Gasteiger partial charge in [-0.1, -0.05) is 6.07 Å². The van der Waals surface area contributed by atoms with Crippen molar-refractivity contribution < 1.29 is 67.4 Å². The minimum Gasteiger partial charge on any atom is -0.428 e. The molecule has 1 atom stereocenters. The molecule has 0 saturated heterocycles. The first kappa shape index (κ1) is 27.6. The lowest BCUT2D eigenvalue weighted by molar-refractivity contribution is -0.442. The Kier molecular flexibility index (Phi) is 7.83. The monoisotopic (exact) mass is 526 g/mol. The fourth-order valence-electron chi connectivity index (χ4n) is 2.16. The number of imide groups is 1. The summed E-state index contributed by atoms with van der Waals surface area (Å²) in [7, 11) is 0. The van der Waals surface area contributed by atoms with Crippen molar-refractivity contribution in [3.05, 3.63) is 59.4 Å². The Hall–Kier alpha value is -3.63. The molecule has 0 aromatic heterocycles. The molecule has 0 aliphatic rings. The van der Waals surface area contributed by atoms with Gasteiger partial charge >= 0.3 is 30.8 Å². The number of hydrogen-bond acceptors (Lipinski definition) is 4. The van der Waals surface area contributed by atoms with Crippen LogP contribution in [-0.4, -0.2) is 36.7 Å². The summed E-state index contributed by atoms with van der Waals surface area (Å²) in [5.74, 6) is -7.19. The highest BCUT2D eigenvalue weighted by Crippen LogP contribution is 2.40. The topological polar surface area (TPSA) is 76.7 Å². The Bertz CT molecular complexity index is 1090. The van der Waals surface area contributed by atoms with Crippen LogP contribution in [0.3, 0.4) is 0 Å². The number of anilines is 1. The van der Waals surface area contributed by atoms with Gasteiger partial charge in [-0.3, -0.25) is 14.8 Å². The minimum atomic E-state index is -6.53. The second-order valence-electron chi connectivity index (χ2n) is 6.26. The van der Waals surface area contributed by atoms with Gasteiger partial charge in [0.1, 0.15) is 28.8 Å². The summed E-state index contributed by atoms with van der Waals surface area (Å²) in [5.41, 5.74) is -2.02. The third-order valence-electron chi connectivity index (χ3n) is 3.71. The lowest BCUT2D eigenvalue weighted by atomic mass is 10.2. The van der Waals surface area contributed by atoms with E-state index in [0.717, 1.165) is 6.07 Å². The van der Waals surface area contributed by atoms with Crippen molar-refractivity contribution in [1.82, 2.24) is 5.32 Å². The molecule has 6 nitrogen and oxygen atoms in total. The van der Waals surface area contributed by atoms with E-state index >= 15 is 0 Å². The van der Waals surface area contributed by atoms with Gasteiger partial charge in [-0.25, -0.2) is 22.4 Å². The van der Waals surface area contributed by atoms with Crippen molar-refractivity contribution in [3.8, 4) is 5.75 Å². The zero-order valence-corrected chi connectivity index (χ0v) is 16.3. The van der Waals surface area contributed by atoms with E-state index in [2.05, 4.69) is 9.47 Å². The second kappa shape index (κ2) is 9.93. The predicted octanol–water partition coefficient (Wildman–Crippen LogP) is 5.50. The Morgan fingerprint density at radius 3 is 1.94 bits per heavy atom. The first-order valence-corrected chi connectivity index (χ1v) is 8.64. The molecule has 0 aliphatic heterocycles. The van der Waals surface area contributed by atoms with Crippen LogP contribution in [0.5, 0.6) is 5.75 Å². The summed E-state index contributed by atoms with van der Waals surface area (Å²) in [6.45, 7) is 0. The molecule has 0 radical (unpaired) electrons. The lowest BCUT2D eigenvalue weighted by Gasteiger charge is -2.26. The predicted molar refractivity (Wildman–Crippen MR) is 91.8 cm³/mol. The number of alkyl halides is 8. The largest absolute Gasteiger partial charge is 0.483 e. The van der Waals surface area contributed by atoms with E-state index in [1.54, 1.807) is 5.32 Å². The first-order valence-electron chi connectivity index (χ1n) is 8.64. The SMILES string of the molecule is O=C(NC(=O)c1c(F)cccc1F)Nc1ccc(OC(F)(F)C(F)OC(F)(F)C(F)(F)F)cc1F. The third-order valence-corrected chi connectivity index (χ3v) is 3.71. The smallest absolute Gasteiger partial charge is 0.428 e. The number of carbonyl (C=O) groups excluding carboxylic acids is 2. The summed E-state index contributed by atoms with van der Waals surface area (Å²) >= 11 is 0. The van der Waals surface area contributed by atoms with Crippen LogP contribution in [-0.2, 0) is 4.74 Å². The van der Waals surface area contributed by atoms with E-state index in [1.807, 2.05) is 0 Å². The molecule has 3 amide bonds. The zero-order valence-electron chi connectivity index (χ0n) is 16.3. The first-order chi connectivity index (χ1) is 15.9. The number of benzene rings is 2. The van der Waals surface area contributed by atoms with Crippen LogP contribution in [0.25, 0.3) is 0 Å². The van der Waals surface area contributed by atoms with E-state index in [-0.39, 0.29) is 6.07 Å². The lowest BCUT2D eigenvalue weighted by Crippen LogP contribution is -2.48. The summed E-state index contributed by atoms with van der Waals surface area (Å²) in [6, 6.07) is 1.64. The Morgan fingerprint density at radius 1 is 0.857 bits per heavy atom. The van der Waals surface area contributed by atoms with Crippen LogP contribution < -0.4 is 15.4 Å². The molecule has 2 aromatic rings. The Balaban J connectivity index is 2.07. The molecule has 0 heterocycles. The quantitative estimate of drug-likeness (QED) is 0.467. The van der Waals surface area contributed by atoms with Crippen molar-refractivity contribution in [2.45, 2.75) is 24.8 Å². The van der Waals surface area contributed by atoms with E-state index in [9.17, 15) is 57.9 Å². The summed E-state index contributed by atoms with van der Waals surface area (Å²) < 4.78 is 148. The number of urea groups is 1. The van der Waals surface area contributed by atoms with Gasteiger partial charge in [-0.15, -0.1) is 0 Å². The van der Waals surface area contributed by atoms with E-state index in [4.69, 9.17) is 0 Å². The fourth-order valence-corrected chi connectivity index (χ4v) is 2.16. The van der Waals surface area contributed by atoms with E-state index in [1.165, 1.54) is 5.32 Å². The summed E-state index contributed by atoms with van der Waals surface area (Å²) in [6.07, 6.45) is -23.0. The van der Waals surface area contributed by atoms with Gasteiger partial charge in [0, 0.05) is 6.07 Å². The molecular weight excluding hydrogens is 517 g/mol. The summed E-state index contributed by atoms with van der Waals surface area (Å²) in [5, 5.41) is 3.09. The maximum atomic E-state index is 14.0. The molecule has 1 unspecified atom stereocenters. The van der Waals surface area contributed by atoms with Gasteiger partial charge in [0.15, 0.2) is 0 Å². The highest BCUT2D eigenvalue weighted by Gasteiger charge is 2.64. The Morgan fingerprint density at radius 2 is 1.43 bits per heavy atom. The molecule has 0 saturated carbocycles. The third kappa shape index (κ3) is 6.71. The number of rotatable bonds is 7. The van der Waals surface area contributed by atoms with Crippen LogP contribution in [0.4, 0.5) is 58.8 Å². The van der Waals surface area contributed by atoms with Crippen molar-refractivity contribution in [2.75, 3.05) is 5.32 Å². The molecular formula is C18H9F11N2O4. The van der Waals surface area contributed by atoms with Crippen molar-refractivity contribution >= 4 is 17.6 Å². The molecule has 192 valence electrons. The van der Waals surface area contributed by atoms with E-state index < -0.39 is 71.1 Å². The number of amides is 3. The average Bonchev–Trinajstić information content (AvgIpc) is 2.68. The highest BCUT2D eigenvalue weighted by molar-refractivity contribution is 6.08. The zero-order chi connectivity index (χ0) is 26.8. The van der Waals surface area contributed by atoms with Crippen LogP contribution in [0.15, 0.2) is 36.4 Å². The van der Waals surface area contributed by atoms with Crippen molar-refractivity contribution in [1.29, 1.82) is 0 Å². The molecule has 0 spiro atoms. The maximum absolute atomic E-state index is 14.0. The molecule has 35 heavy (non-hydrogen) atoms. The summed E-state index contributed by atoms with van der Waals surface area (Å²) in [4.78, 5) is 23.5. The standard InChI is InChI=1S/C18H9F11N2O4/c19-8-2-1-3-9(20)12(8)13(32)31-15(33)30-11-5-4-7(6-10(11)21)34-16(23,24)14(22)35-18(28,29)17(25,26)27/h1-6,14H,(H2,30,31,32,33). The number of ether oxygens (including phenoxy) is 2. The van der Waals surface area contributed by atoms with Gasteiger partial charge < -0.3 is 10.1 Å². The van der Waals surface area contributed by atoms with Crippen LogP contribution in [0.2, 0.25) is 0 Å². The van der Waals surface area contributed by atoms with Crippen LogP contribution >= 0.6 is 0 Å². The van der Waals surface area contributed by atoms with Gasteiger partial charge in [-0.05, 0) is 24.3 Å². The number of halogens is 11.